The minimum Gasteiger partial charge on any atom is -0.508 e. The smallest absolute Gasteiger partial charge is 0.225 e. The van der Waals surface area contributed by atoms with Gasteiger partial charge in [0.25, 0.3) is 0 Å². The number of primary amides is 1. The summed E-state index contributed by atoms with van der Waals surface area (Å²) in [5.74, 6) is -5.18. The van der Waals surface area contributed by atoms with Crippen molar-refractivity contribution >= 4 is 23.2 Å². The maximum absolute atomic E-state index is 14.0. The lowest BCUT2D eigenvalue weighted by Crippen LogP contribution is -2.54. The first kappa shape index (κ1) is 27.8. The summed E-state index contributed by atoms with van der Waals surface area (Å²) in [6, 6.07) is 10.0. The topological polar surface area (TPSA) is 165 Å². The maximum atomic E-state index is 14.0. The number of phenols is 1. The second kappa shape index (κ2) is 10.3. The third-order valence-electron chi connectivity index (χ3n) is 8.59. The number of Topliss-reactive ketones (excluding diaryl/α,β-unsaturated/α-hetero) is 2. The fourth-order valence-electron chi connectivity index (χ4n) is 6.70. The van der Waals surface area contributed by atoms with E-state index in [-0.39, 0.29) is 42.8 Å². The monoisotopic (exact) mass is 549 g/mol. The molecule has 0 spiro atoms. The predicted octanol–water partition coefficient (Wildman–Crippen LogP) is 1.72. The third-order valence-corrected chi connectivity index (χ3v) is 8.59. The van der Waals surface area contributed by atoms with E-state index < -0.39 is 47.1 Å². The SMILES string of the molecule is CN(C)c1cc(CN2Cc3ccccc3C2)c(O)c2c1C[C@H]1C[C@@H](CCO)[C@@](O)(C(=O)CC(N)=O)C(O)=C1C2=O. The number of benzene rings is 2. The highest BCUT2D eigenvalue weighted by Crippen LogP contribution is 2.50. The van der Waals surface area contributed by atoms with Gasteiger partial charge >= 0.3 is 0 Å². The standard InChI is InChI=1S/C30H35N3O7/c1-32(2)22-11-19(15-33-13-16-5-3-4-6-17(16)14-33)27(37)26-21(22)10-18-9-20(7-8-34)30(40,23(35)12-24(31)36)29(39)25(18)28(26)38/h3-6,11,18,20,34,37,39-40H,7-10,12-15H2,1-2H3,(H2,31,36)/t18-,20-,30-/m1/s1. The van der Waals surface area contributed by atoms with Crippen LogP contribution in [0.2, 0.25) is 0 Å². The molecule has 0 fully saturated rings. The summed E-state index contributed by atoms with van der Waals surface area (Å²) >= 11 is 0. The number of nitrogens with two attached hydrogens (primary N) is 1. The summed E-state index contributed by atoms with van der Waals surface area (Å²) in [5.41, 5.74) is 6.90. The molecule has 3 aliphatic rings. The molecule has 2 aromatic rings. The van der Waals surface area contributed by atoms with Crippen LogP contribution < -0.4 is 10.6 Å². The molecule has 2 aromatic carbocycles. The van der Waals surface area contributed by atoms with Crippen LogP contribution in [0.25, 0.3) is 0 Å². The number of phenolic OH excluding ortho intramolecular Hbond substituents is 1. The maximum Gasteiger partial charge on any atom is 0.225 e. The summed E-state index contributed by atoms with van der Waals surface area (Å²) in [4.78, 5) is 42.6. The zero-order valence-electron chi connectivity index (χ0n) is 22.7. The Kier molecular flexibility index (Phi) is 7.20. The minimum atomic E-state index is -2.55. The van der Waals surface area contributed by atoms with Gasteiger partial charge in [0.1, 0.15) is 11.5 Å². The highest BCUT2D eigenvalue weighted by atomic mass is 16.3. The molecule has 1 heterocycles. The minimum absolute atomic E-state index is 0.0289. The number of allylic oxidation sites excluding steroid dienone is 1. The van der Waals surface area contributed by atoms with Crippen molar-refractivity contribution in [3.05, 3.63) is 69.5 Å². The average Bonchev–Trinajstić information content (AvgIpc) is 3.30. The van der Waals surface area contributed by atoms with E-state index in [1.54, 1.807) is 0 Å². The first-order valence-electron chi connectivity index (χ1n) is 13.4. The van der Waals surface area contributed by atoms with Crippen LogP contribution in [0.3, 0.4) is 0 Å². The normalized spacial score (nSPS) is 23.9. The zero-order chi connectivity index (χ0) is 28.9. The number of hydrogen-bond acceptors (Lipinski definition) is 9. The number of aliphatic hydroxyl groups excluding tert-OH is 2. The van der Waals surface area contributed by atoms with Crippen molar-refractivity contribution in [2.24, 2.45) is 17.6 Å². The van der Waals surface area contributed by atoms with E-state index in [4.69, 9.17) is 5.73 Å². The third kappa shape index (κ3) is 4.46. The van der Waals surface area contributed by atoms with Crippen molar-refractivity contribution in [1.82, 2.24) is 4.90 Å². The van der Waals surface area contributed by atoms with Crippen molar-refractivity contribution in [2.75, 3.05) is 25.6 Å². The number of rotatable bonds is 8. The number of fused-ring (bicyclic) bond motifs is 3. The van der Waals surface area contributed by atoms with Crippen LogP contribution in [-0.2, 0) is 35.6 Å². The van der Waals surface area contributed by atoms with Crippen LogP contribution in [0, 0.1) is 11.8 Å². The molecule has 0 radical (unpaired) electrons. The van der Waals surface area contributed by atoms with Gasteiger partial charge in [0, 0.05) is 63.1 Å². The van der Waals surface area contributed by atoms with Crippen molar-refractivity contribution < 1.29 is 34.8 Å². The van der Waals surface area contributed by atoms with Gasteiger partial charge in [-0.25, -0.2) is 0 Å². The van der Waals surface area contributed by atoms with Crippen LogP contribution in [0.4, 0.5) is 5.69 Å². The van der Waals surface area contributed by atoms with E-state index in [1.807, 2.05) is 37.2 Å². The van der Waals surface area contributed by atoms with Gasteiger partial charge in [-0.1, -0.05) is 24.3 Å². The molecule has 1 aliphatic heterocycles. The Morgan fingerprint density at radius 2 is 1.80 bits per heavy atom. The van der Waals surface area contributed by atoms with Crippen LogP contribution in [0.5, 0.6) is 5.75 Å². The number of aromatic hydroxyl groups is 1. The van der Waals surface area contributed by atoms with Crippen molar-refractivity contribution in [3.63, 3.8) is 0 Å². The lowest BCUT2D eigenvalue weighted by molar-refractivity contribution is -0.147. The largest absolute Gasteiger partial charge is 0.508 e. The Morgan fingerprint density at radius 3 is 2.38 bits per heavy atom. The molecular weight excluding hydrogens is 514 g/mol. The quantitative estimate of drug-likeness (QED) is 0.308. The molecule has 10 nitrogen and oxygen atoms in total. The lowest BCUT2D eigenvalue weighted by atomic mass is 9.62. The molecule has 0 unspecified atom stereocenters. The molecule has 40 heavy (non-hydrogen) atoms. The zero-order valence-corrected chi connectivity index (χ0v) is 22.7. The Bertz CT molecular complexity index is 1410. The first-order valence-corrected chi connectivity index (χ1v) is 13.4. The predicted molar refractivity (Wildman–Crippen MR) is 147 cm³/mol. The van der Waals surface area contributed by atoms with Crippen molar-refractivity contribution in [2.45, 2.75) is 50.9 Å². The number of anilines is 1. The molecule has 0 aromatic heterocycles. The molecule has 0 bridgehead atoms. The number of hydrogen-bond donors (Lipinski definition) is 5. The van der Waals surface area contributed by atoms with Gasteiger partial charge in [-0.05, 0) is 47.9 Å². The van der Waals surface area contributed by atoms with E-state index in [0.717, 1.165) is 5.69 Å². The molecule has 0 saturated carbocycles. The molecule has 0 saturated heterocycles. The van der Waals surface area contributed by atoms with Crippen LogP contribution in [0.1, 0.15) is 51.9 Å². The summed E-state index contributed by atoms with van der Waals surface area (Å²) in [6.45, 7) is 1.42. The van der Waals surface area contributed by atoms with Gasteiger partial charge in [-0.3, -0.25) is 19.3 Å². The Labute approximate surface area is 232 Å². The first-order chi connectivity index (χ1) is 19.0. The Hall–Kier alpha value is -3.73. The number of aliphatic hydroxyl groups is 3. The fourth-order valence-corrected chi connectivity index (χ4v) is 6.70. The van der Waals surface area contributed by atoms with Gasteiger partial charge in [0.05, 0.1) is 12.0 Å². The summed E-state index contributed by atoms with van der Waals surface area (Å²) in [6.07, 6.45) is -0.463. The number of carbonyl (C=O) groups is 3. The van der Waals surface area contributed by atoms with Gasteiger partial charge in [0.15, 0.2) is 17.2 Å². The number of carbonyl (C=O) groups excluding carboxylic acids is 3. The van der Waals surface area contributed by atoms with E-state index in [9.17, 15) is 34.8 Å². The van der Waals surface area contributed by atoms with Crippen molar-refractivity contribution in [1.29, 1.82) is 0 Å². The van der Waals surface area contributed by atoms with Gasteiger partial charge in [-0.15, -0.1) is 0 Å². The van der Waals surface area contributed by atoms with Gasteiger partial charge in [0.2, 0.25) is 5.91 Å². The van der Waals surface area contributed by atoms with Crippen LogP contribution in [0.15, 0.2) is 41.7 Å². The van der Waals surface area contributed by atoms with Gasteiger partial charge in [-0.2, -0.15) is 0 Å². The van der Waals surface area contributed by atoms with Gasteiger partial charge < -0.3 is 31.1 Å². The summed E-state index contributed by atoms with van der Waals surface area (Å²) in [5, 5.41) is 43.9. The second-order valence-corrected chi connectivity index (χ2v) is 11.3. The highest BCUT2D eigenvalue weighted by molar-refractivity contribution is 6.15. The number of ketones is 2. The van der Waals surface area contributed by atoms with Crippen molar-refractivity contribution in [3.8, 4) is 5.75 Å². The molecular formula is C30H35N3O7. The molecule has 2 aliphatic carbocycles. The molecule has 6 N–H and O–H groups in total. The van der Waals surface area contributed by atoms with E-state index in [2.05, 4.69) is 17.0 Å². The van der Waals surface area contributed by atoms with E-state index >= 15 is 0 Å². The highest BCUT2D eigenvalue weighted by Gasteiger charge is 2.55. The van der Waals surface area contributed by atoms with E-state index in [0.29, 0.717) is 30.8 Å². The number of nitrogens with zero attached hydrogens (tertiary/aromatic N) is 2. The number of amides is 1. The fraction of sp³-hybridized carbons (Fsp3) is 0.433. The molecule has 212 valence electrons. The molecule has 1 amide bonds. The summed E-state index contributed by atoms with van der Waals surface area (Å²) < 4.78 is 0. The average molecular weight is 550 g/mol. The molecule has 3 atom stereocenters. The van der Waals surface area contributed by atoms with Crippen LogP contribution >= 0.6 is 0 Å². The lowest BCUT2D eigenvalue weighted by Gasteiger charge is -2.44. The van der Waals surface area contributed by atoms with Crippen LogP contribution in [-0.4, -0.2) is 69.1 Å². The Balaban J connectivity index is 1.59. The van der Waals surface area contributed by atoms with E-state index in [1.165, 1.54) is 11.1 Å². The second-order valence-electron chi connectivity index (χ2n) is 11.3. The molecule has 5 rings (SSSR count). The summed E-state index contributed by atoms with van der Waals surface area (Å²) in [7, 11) is 3.71. The molecule has 10 heteroatoms. The Morgan fingerprint density at radius 1 is 1.15 bits per heavy atom.